The van der Waals surface area contributed by atoms with Gasteiger partial charge in [-0.25, -0.2) is 9.97 Å². The highest BCUT2D eigenvalue weighted by Gasteiger charge is 2.40. The van der Waals surface area contributed by atoms with Gasteiger partial charge in [-0.2, -0.15) is 0 Å². The lowest BCUT2D eigenvalue weighted by Gasteiger charge is -2.37. The van der Waals surface area contributed by atoms with Crippen LogP contribution in [0.2, 0.25) is 0 Å². The molecule has 3 rings (SSSR count). The van der Waals surface area contributed by atoms with Crippen molar-refractivity contribution in [3.63, 3.8) is 0 Å². The lowest BCUT2D eigenvalue weighted by molar-refractivity contribution is -0.181. The summed E-state index contributed by atoms with van der Waals surface area (Å²) < 4.78 is 11.3. The Morgan fingerprint density at radius 1 is 1.28 bits per heavy atom. The second kappa shape index (κ2) is 4.62. The molecule has 0 N–H and O–H groups in total. The zero-order chi connectivity index (χ0) is 12.4. The number of carbonyl (C=O) groups is 1. The minimum Gasteiger partial charge on any atom is -0.347 e. The van der Waals surface area contributed by atoms with E-state index in [1.807, 2.05) is 0 Å². The summed E-state index contributed by atoms with van der Waals surface area (Å²) >= 11 is 0. The van der Waals surface area contributed by atoms with E-state index in [1.165, 1.54) is 6.33 Å². The van der Waals surface area contributed by atoms with Gasteiger partial charge in [0.05, 0.1) is 13.2 Å². The number of hydrogen-bond donors (Lipinski definition) is 0. The second-order valence-corrected chi connectivity index (χ2v) is 4.49. The number of ether oxygens (including phenoxy) is 2. The average molecular weight is 249 g/mol. The quantitative estimate of drug-likeness (QED) is 0.723. The lowest BCUT2D eigenvalue weighted by atomic mass is 10.0. The third-order valence-electron chi connectivity index (χ3n) is 3.43. The molecule has 0 unspecified atom stereocenters. The Balaban J connectivity index is 1.64. The second-order valence-electron chi connectivity index (χ2n) is 4.49. The first-order chi connectivity index (χ1) is 8.79. The van der Waals surface area contributed by atoms with E-state index in [0.717, 1.165) is 12.8 Å². The standard InChI is InChI=1S/C12H15N3O3/c16-11(10-1-4-13-9-14-10)15-5-2-12(3-6-15)17-7-8-18-12/h1,4,9H,2-3,5-8H2. The highest BCUT2D eigenvalue weighted by molar-refractivity contribution is 5.92. The maximum Gasteiger partial charge on any atom is 0.272 e. The monoisotopic (exact) mass is 249 g/mol. The number of piperidine rings is 1. The summed E-state index contributed by atoms with van der Waals surface area (Å²) in [5.41, 5.74) is 0.439. The van der Waals surface area contributed by atoms with Gasteiger partial charge in [-0.3, -0.25) is 4.79 Å². The van der Waals surface area contributed by atoms with Gasteiger partial charge in [0.25, 0.3) is 5.91 Å². The molecule has 0 radical (unpaired) electrons. The van der Waals surface area contributed by atoms with Crippen LogP contribution in [0.25, 0.3) is 0 Å². The number of carbonyl (C=O) groups excluding carboxylic acids is 1. The molecule has 0 aromatic carbocycles. The van der Waals surface area contributed by atoms with Crippen LogP contribution in [0.1, 0.15) is 23.3 Å². The van der Waals surface area contributed by atoms with Crippen molar-refractivity contribution in [3.05, 3.63) is 24.3 Å². The van der Waals surface area contributed by atoms with Crippen molar-refractivity contribution in [2.45, 2.75) is 18.6 Å². The number of nitrogens with zero attached hydrogens (tertiary/aromatic N) is 3. The Kier molecular flexibility index (Phi) is 2.97. The fourth-order valence-electron chi connectivity index (χ4n) is 2.42. The SMILES string of the molecule is O=C(c1ccncn1)N1CCC2(CC1)OCCO2. The summed E-state index contributed by atoms with van der Waals surface area (Å²) in [6.45, 7) is 2.59. The van der Waals surface area contributed by atoms with Gasteiger partial charge in [0.2, 0.25) is 0 Å². The van der Waals surface area contributed by atoms with Crippen molar-refractivity contribution in [1.29, 1.82) is 0 Å². The first-order valence-electron chi connectivity index (χ1n) is 6.12. The molecule has 1 aromatic rings. The van der Waals surface area contributed by atoms with Crippen molar-refractivity contribution in [3.8, 4) is 0 Å². The Labute approximate surface area is 105 Å². The zero-order valence-corrected chi connectivity index (χ0v) is 10.0. The van der Waals surface area contributed by atoms with Gasteiger partial charge >= 0.3 is 0 Å². The van der Waals surface area contributed by atoms with E-state index in [4.69, 9.17) is 9.47 Å². The fraction of sp³-hybridized carbons (Fsp3) is 0.583. The van der Waals surface area contributed by atoms with Crippen molar-refractivity contribution in [2.24, 2.45) is 0 Å². The van der Waals surface area contributed by atoms with E-state index in [1.54, 1.807) is 17.2 Å². The van der Waals surface area contributed by atoms with Crippen LogP contribution in [0.5, 0.6) is 0 Å². The normalized spacial score (nSPS) is 22.3. The Bertz CT molecular complexity index is 421. The first kappa shape index (κ1) is 11.6. The van der Waals surface area contributed by atoms with E-state index in [-0.39, 0.29) is 5.91 Å². The molecule has 0 saturated carbocycles. The molecule has 6 heteroatoms. The van der Waals surface area contributed by atoms with Crippen LogP contribution in [0.4, 0.5) is 0 Å². The van der Waals surface area contributed by atoms with Gasteiger partial charge in [0, 0.05) is 32.1 Å². The molecule has 3 heterocycles. The molecule has 2 aliphatic heterocycles. The van der Waals surface area contributed by atoms with E-state index in [0.29, 0.717) is 32.0 Å². The molecule has 0 bridgehead atoms. The molecule has 1 aromatic heterocycles. The number of aromatic nitrogens is 2. The molecular formula is C12H15N3O3. The van der Waals surface area contributed by atoms with Crippen LogP contribution >= 0.6 is 0 Å². The molecule has 2 fully saturated rings. The molecular weight excluding hydrogens is 234 g/mol. The molecule has 0 aliphatic carbocycles. The Morgan fingerprint density at radius 2 is 2.00 bits per heavy atom. The summed E-state index contributed by atoms with van der Waals surface area (Å²) in [6, 6.07) is 1.63. The molecule has 6 nitrogen and oxygen atoms in total. The molecule has 1 amide bonds. The van der Waals surface area contributed by atoms with Gasteiger partial charge in [-0.1, -0.05) is 0 Å². The molecule has 18 heavy (non-hydrogen) atoms. The summed E-state index contributed by atoms with van der Waals surface area (Å²) in [5, 5.41) is 0. The maximum absolute atomic E-state index is 12.2. The highest BCUT2D eigenvalue weighted by Crippen LogP contribution is 2.31. The predicted molar refractivity (Wildman–Crippen MR) is 61.8 cm³/mol. The number of rotatable bonds is 1. The zero-order valence-electron chi connectivity index (χ0n) is 10.0. The van der Waals surface area contributed by atoms with Crippen molar-refractivity contribution in [2.75, 3.05) is 26.3 Å². The van der Waals surface area contributed by atoms with Crippen molar-refractivity contribution >= 4 is 5.91 Å². The number of hydrogen-bond acceptors (Lipinski definition) is 5. The van der Waals surface area contributed by atoms with Gasteiger partial charge < -0.3 is 14.4 Å². The maximum atomic E-state index is 12.2. The molecule has 96 valence electrons. The summed E-state index contributed by atoms with van der Waals surface area (Å²) in [7, 11) is 0. The minimum absolute atomic E-state index is 0.0507. The average Bonchev–Trinajstić information content (AvgIpc) is 2.88. The van der Waals surface area contributed by atoms with Crippen LogP contribution in [-0.4, -0.2) is 52.9 Å². The third-order valence-corrected chi connectivity index (χ3v) is 3.43. The van der Waals surface area contributed by atoms with Crippen molar-refractivity contribution < 1.29 is 14.3 Å². The van der Waals surface area contributed by atoms with Crippen LogP contribution in [0.3, 0.4) is 0 Å². The van der Waals surface area contributed by atoms with Crippen molar-refractivity contribution in [1.82, 2.24) is 14.9 Å². The molecule has 2 saturated heterocycles. The summed E-state index contributed by atoms with van der Waals surface area (Å²) in [5.74, 6) is -0.493. The topological polar surface area (TPSA) is 64.6 Å². The molecule has 2 aliphatic rings. The number of amides is 1. The Hall–Kier alpha value is -1.53. The van der Waals surface area contributed by atoms with E-state index in [9.17, 15) is 4.79 Å². The van der Waals surface area contributed by atoms with E-state index < -0.39 is 5.79 Å². The minimum atomic E-state index is -0.442. The van der Waals surface area contributed by atoms with Gasteiger partial charge in [0.1, 0.15) is 12.0 Å². The van der Waals surface area contributed by atoms with Crippen LogP contribution < -0.4 is 0 Å². The van der Waals surface area contributed by atoms with Crippen LogP contribution in [0, 0.1) is 0 Å². The smallest absolute Gasteiger partial charge is 0.272 e. The van der Waals surface area contributed by atoms with E-state index >= 15 is 0 Å². The van der Waals surface area contributed by atoms with Crippen LogP contribution in [0.15, 0.2) is 18.6 Å². The fourth-order valence-corrected chi connectivity index (χ4v) is 2.42. The Morgan fingerprint density at radius 3 is 2.61 bits per heavy atom. The van der Waals surface area contributed by atoms with Crippen LogP contribution in [-0.2, 0) is 9.47 Å². The highest BCUT2D eigenvalue weighted by atomic mass is 16.7. The summed E-state index contributed by atoms with van der Waals surface area (Å²) in [4.78, 5) is 21.7. The molecule has 1 spiro atoms. The lowest BCUT2D eigenvalue weighted by Crippen LogP contribution is -2.47. The van der Waals surface area contributed by atoms with Gasteiger partial charge in [0.15, 0.2) is 5.79 Å². The predicted octanol–water partition coefficient (Wildman–Crippen LogP) is 0.456. The third kappa shape index (κ3) is 2.09. The summed E-state index contributed by atoms with van der Waals surface area (Å²) in [6.07, 6.45) is 4.42. The first-order valence-corrected chi connectivity index (χ1v) is 6.12. The van der Waals surface area contributed by atoms with E-state index in [2.05, 4.69) is 9.97 Å². The largest absolute Gasteiger partial charge is 0.347 e. The van der Waals surface area contributed by atoms with Gasteiger partial charge in [-0.15, -0.1) is 0 Å². The number of likely N-dealkylation sites (tertiary alicyclic amines) is 1. The van der Waals surface area contributed by atoms with Gasteiger partial charge in [-0.05, 0) is 6.07 Å². The molecule has 0 atom stereocenters.